The second-order valence-corrected chi connectivity index (χ2v) is 6.12. The highest BCUT2D eigenvalue weighted by molar-refractivity contribution is 9.10. The van der Waals surface area contributed by atoms with Crippen LogP contribution in [0.2, 0.25) is 0 Å². The van der Waals surface area contributed by atoms with Gasteiger partial charge in [0.1, 0.15) is 0 Å². The largest absolute Gasteiger partial charge is 0.306 e. The predicted octanol–water partition coefficient (Wildman–Crippen LogP) is 5.45. The summed E-state index contributed by atoms with van der Waals surface area (Å²) in [5, 5.41) is 6.24. The second-order valence-electron chi connectivity index (χ2n) is 5.26. The maximum Gasteiger partial charge on any atom is 0.0301 e. The summed E-state index contributed by atoms with van der Waals surface area (Å²) < 4.78 is 1.16. The summed E-state index contributed by atoms with van der Waals surface area (Å²) in [4.78, 5) is 0. The number of hydrogen-bond acceptors (Lipinski definition) is 1. The normalized spacial score (nSPS) is 12.5. The third-order valence-corrected chi connectivity index (χ3v) is 4.62. The van der Waals surface area contributed by atoms with Crippen molar-refractivity contribution >= 4 is 26.7 Å². The average Bonchev–Trinajstić information content (AvgIpc) is 2.53. The maximum absolute atomic E-state index is 3.62. The van der Waals surface area contributed by atoms with Crippen molar-refractivity contribution in [3.63, 3.8) is 0 Å². The van der Waals surface area contributed by atoms with Gasteiger partial charge >= 0.3 is 0 Å². The third-order valence-electron chi connectivity index (χ3n) is 3.85. The maximum atomic E-state index is 3.62. The lowest BCUT2D eigenvalue weighted by atomic mass is 9.99. The van der Waals surface area contributed by atoms with Gasteiger partial charge < -0.3 is 5.32 Å². The molecule has 3 aromatic rings. The lowest BCUT2D eigenvalue weighted by Gasteiger charge is -2.17. The molecule has 0 aliphatic rings. The first-order chi connectivity index (χ1) is 10.3. The van der Waals surface area contributed by atoms with E-state index in [-0.39, 0.29) is 0 Å². The van der Waals surface area contributed by atoms with Gasteiger partial charge in [-0.3, -0.25) is 0 Å². The van der Waals surface area contributed by atoms with E-state index in [0.717, 1.165) is 11.0 Å². The van der Waals surface area contributed by atoms with Gasteiger partial charge in [-0.2, -0.15) is 0 Å². The minimum absolute atomic E-state index is 0.309. The Balaban J connectivity index is 1.81. The van der Waals surface area contributed by atoms with Gasteiger partial charge in [0.25, 0.3) is 0 Å². The fourth-order valence-electron chi connectivity index (χ4n) is 2.64. The van der Waals surface area contributed by atoms with Gasteiger partial charge in [-0.25, -0.2) is 0 Å². The van der Waals surface area contributed by atoms with Crippen LogP contribution in [0.1, 0.15) is 24.1 Å². The van der Waals surface area contributed by atoms with Crippen molar-refractivity contribution in [2.75, 3.05) is 0 Å². The lowest BCUT2D eigenvalue weighted by Crippen LogP contribution is -2.18. The van der Waals surface area contributed by atoms with Crippen LogP contribution in [0.3, 0.4) is 0 Å². The first kappa shape index (κ1) is 14.3. The summed E-state index contributed by atoms with van der Waals surface area (Å²) in [5.74, 6) is 0. The Labute approximate surface area is 134 Å². The molecule has 21 heavy (non-hydrogen) atoms. The topological polar surface area (TPSA) is 12.0 Å². The zero-order valence-electron chi connectivity index (χ0n) is 12.0. The molecule has 106 valence electrons. The lowest BCUT2D eigenvalue weighted by molar-refractivity contribution is 0.577. The summed E-state index contributed by atoms with van der Waals surface area (Å²) >= 11 is 3.60. The van der Waals surface area contributed by atoms with E-state index in [1.165, 1.54) is 21.9 Å². The quantitative estimate of drug-likeness (QED) is 0.666. The summed E-state index contributed by atoms with van der Waals surface area (Å²) in [6.07, 6.45) is 0. The van der Waals surface area contributed by atoms with E-state index in [4.69, 9.17) is 0 Å². The Bertz CT molecular complexity index is 746. The third kappa shape index (κ3) is 3.17. The number of benzene rings is 3. The smallest absolute Gasteiger partial charge is 0.0301 e. The van der Waals surface area contributed by atoms with Crippen LogP contribution in [-0.4, -0.2) is 0 Å². The molecule has 0 amide bonds. The van der Waals surface area contributed by atoms with Crippen LogP contribution in [0.25, 0.3) is 10.8 Å². The van der Waals surface area contributed by atoms with Gasteiger partial charge in [0.15, 0.2) is 0 Å². The van der Waals surface area contributed by atoms with Crippen LogP contribution >= 0.6 is 15.9 Å². The second kappa shape index (κ2) is 6.42. The molecule has 2 heteroatoms. The molecule has 3 aromatic carbocycles. The first-order valence-electron chi connectivity index (χ1n) is 7.20. The van der Waals surface area contributed by atoms with E-state index >= 15 is 0 Å². The molecule has 0 saturated carbocycles. The average molecular weight is 340 g/mol. The number of hydrogen-bond donors (Lipinski definition) is 1. The van der Waals surface area contributed by atoms with Crippen molar-refractivity contribution in [2.24, 2.45) is 0 Å². The van der Waals surface area contributed by atoms with E-state index in [1.807, 2.05) is 6.07 Å². The zero-order chi connectivity index (χ0) is 14.7. The zero-order valence-corrected chi connectivity index (χ0v) is 13.6. The van der Waals surface area contributed by atoms with Crippen LogP contribution < -0.4 is 5.32 Å². The van der Waals surface area contributed by atoms with E-state index in [2.05, 4.69) is 88.8 Å². The van der Waals surface area contributed by atoms with Crippen LogP contribution in [0.15, 0.2) is 71.2 Å². The molecule has 1 N–H and O–H groups in total. The Kier molecular flexibility index (Phi) is 4.37. The minimum Gasteiger partial charge on any atom is -0.306 e. The fraction of sp³-hybridized carbons (Fsp3) is 0.158. The summed E-state index contributed by atoms with van der Waals surface area (Å²) in [5.41, 5.74) is 2.63. The van der Waals surface area contributed by atoms with Crippen molar-refractivity contribution in [2.45, 2.75) is 19.5 Å². The highest BCUT2D eigenvalue weighted by atomic mass is 79.9. The first-order valence-corrected chi connectivity index (χ1v) is 7.99. The number of rotatable bonds is 4. The van der Waals surface area contributed by atoms with Gasteiger partial charge in [0.05, 0.1) is 0 Å². The highest BCUT2D eigenvalue weighted by Gasteiger charge is 2.09. The molecule has 0 aliphatic heterocycles. The number of nitrogens with one attached hydrogen (secondary N) is 1. The molecule has 0 aliphatic carbocycles. The van der Waals surface area contributed by atoms with Crippen LogP contribution in [0.5, 0.6) is 0 Å². The summed E-state index contributed by atoms with van der Waals surface area (Å²) in [7, 11) is 0. The Morgan fingerprint density at radius 3 is 2.48 bits per heavy atom. The standard InChI is InChI=1S/C19H18BrN/c1-14(21-13-16-8-3-5-12-19(16)20)17-11-6-9-15-7-2-4-10-18(15)17/h2-12,14,21H,13H2,1H3. The SMILES string of the molecule is CC(NCc1ccccc1Br)c1cccc2ccccc12. The van der Waals surface area contributed by atoms with Crippen molar-refractivity contribution < 1.29 is 0 Å². The molecule has 0 saturated heterocycles. The van der Waals surface area contributed by atoms with Crippen LogP contribution in [0.4, 0.5) is 0 Å². The van der Waals surface area contributed by atoms with Crippen molar-refractivity contribution in [1.29, 1.82) is 0 Å². The molecular formula is C19H18BrN. The monoisotopic (exact) mass is 339 g/mol. The van der Waals surface area contributed by atoms with Crippen LogP contribution in [0, 0.1) is 0 Å². The number of halogens is 1. The molecule has 1 unspecified atom stereocenters. The number of fused-ring (bicyclic) bond motifs is 1. The molecule has 0 bridgehead atoms. The predicted molar refractivity (Wildman–Crippen MR) is 93.3 cm³/mol. The van der Waals surface area contributed by atoms with E-state index in [0.29, 0.717) is 6.04 Å². The summed E-state index contributed by atoms with van der Waals surface area (Å²) in [6, 6.07) is 23.7. The highest BCUT2D eigenvalue weighted by Crippen LogP contribution is 2.25. The van der Waals surface area contributed by atoms with E-state index in [1.54, 1.807) is 0 Å². The molecular weight excluding hydrogens is 322 g/mol. The molecule has 0 spiro atoms. The van der Waals surface area contributed by atoms with Gasteiger partial charge in [0.2, 0.25) is 0 Å². The van der Waals surface area contributed by atoms with Crippen molar-refractivity contribution in [3.8, 4) is 0 Å². The van der Waals surface area contributed by atoms with Crippen molar-refractivity contribution in [3.05, 3.63) is 82.3 Å². The Morgan fingerprint density at radius 2 is 1.62 bits per heavy atom. The molecule has 0 heterocycles. The van der Waals surface area contributed by atoms with Gasteiger partial charge in [-0.15, -0.1) is 0 Å². The van der Waals surface area contributed by atoms with Gasteiger partial charge in [0, 0.05) is 17.1 Å². The van der Waals surface area contributed by atoms with Gasteiger partial charge in [-0.1, -0.05) is 76.6 Å². The van der Waals surface area contributed by atoms with Crippen LogP contribution in [-0.2, 0) is 6.54 Å². The molecule has 0 fully saturated rings. The Hall–Kier alpha value is -1.64. The fourth-order valence-corrected chi connectivity index (χ4v) is 3.07. The minimum atomic E-state index is 0.309. The van der Waals surface area contributed by atoms with Gasteiger partial charge in [-0.05, 0) is 34.9 Å². The van der Waals surface area contributed by atoms with E-state index < -0.39 is 0 Å². The molecule has 1 nitrogen and oxygen atoms in total. The Morgan fingerprint density at radius 1 is 0.905 bits per heavy atom. The molecule has 0 aromatic heterocycles. The molecule has 0 radical (unpaired) electrons. The molecule has 1 atom stereocenters. The van der Waals surface area contributed by atoms with Crippen molar-refractivity contribution in [1.82, 2.24) is 5.32 Å². The van der Waals surface area contributed by atoms with E-state index in [9.17, 15) is 0 Å². The molecule has 3 rings (SSSR count). The summed E-state index contributed by atoms with van der Waals surface area (Å²) in [6.45, 7) is 3.07.